The van der Waals surface area contributed by atoms with Crippen molar-refractivity contribution in [2.24, 2.45) is 0 Å². The molecule has 0 fully saturated rings. The summed E-state index contributed by atoms with van der Waals surface area (Å²) >= 11 is 0. The number of anilines is 1. The molecule has 2 N–H and O–H groups in total. The Morgan fingerprint density at radius 1 is 1.56 bits per heavy atom. The molecular formula is C11H16N2O3. The number of aromatic nitrogens is 1. The van der Waals surface area contributed by atoms with E-state index >= 15 is 0 Å². The van der Waals surface area contributed by atoms with Gasteiger partial charge in [-0.2, -0.15) is 0 Å². The second kappa shape index (κ2) is 6.07. The SMILES string of the molecule is COC(=O)c1ccc(NCCCO)nc1C. The van der Waals surface area contributed by atoms with Crippen LogP contribution in [0.4, 0.5) is 5.82 Å². The third-order valence-electron chi connectivity index (χ3n) is 2.13. The number of aryl methyl sites for hydroxylation is 1. The minimum atomic E-state index is -0.382. The Morgan fingerprint density at radius 3 is 2.88 bits per heavy atom. The molecule has 5 heteroatoms. The number of carbonyl (C=O) groups excluding carboxylic acids is 1. The maximum absolute atomic E-state index is 11.3. The van der Waals surface area contributed by atoms with Gasteiger partial charge in [0.05, 0.1) is 18.4 Å². The first-order chi connectivity index (χ1) is 7.69. The molecule has 1 aromatic rings. The first-order valence-corrected chi connectivity index (χ1v) is 5.09. The van der Waals surface area contributed by atoms with Crippen LogP contribution in [0, 0.1) is 6.92 Å². The van der Waals surface area contributed by atoms with Crippen LogP contribution in [0.1, 0.15) is 22.5 Å². The average Bonchev–Trinajstić information content (AvgIpc) is 2.29. The monoisotopic (exact) mass is 224 g/mol. The molecular weight excluding hydrogens is 208 g/mol. The van der Waals surface area contributed by atoms with Crippen molar-refractivity contribution in [3.63, 3.8) is 0 Å². The fraction of sp³-hybridized carbons (Fsp3) is 0.455. The van der Waals surface area contributed by atoms with E-state index in [0.29, 0.717) is 30.0 Å². The largest absolute Gasteiger partial charge is 0.465 e. The maximum Gasteiger partial charge on any atom is 0.339 e. The number of carbonyl (C=O) groups is 1. The summed E-state index contributed by atoms with van der Waals surface area (Å²) < 4.78 is 4.62. The van der Waals surface area contributed by atoms with Gasteiger partial charge in [0, 0.05) is 13.2 Å². The van der Waals surface area contributed by atoms with Gasteiger partial charge >= 0.3 is 5.97 Å². The van der Waals surface area contributed by atoms with Gasteiger partial charge in [0.2, 0.25) is 0 Å². The second-order valence-electron chi connectivity index (χ2n) is 3.32. The van der Waals surface area contributed by atoms with Crippen molar-refractivity contribution in [1.29, 1.82) is 0 Å². The lowest BCUT2D eigenvalue weighted by atomic mass is 10.2. The van der Waals surface area contributed by atoms with Gasteiger partial charge in [-0.3, -0.25) is 0 Å². The molecule has 0 spiro atoms. The zero-order valence-corrected chi connectivity index (χ0v) is 9.49. The molecule has 1 rings (SSSR count). The zero-order valence-electron chi connectivity index (χ0n) is 9.49. The Kier molecular flexibility index (Phi) is 4.72. The molecule has 0 aliphatic rings. The molecule has 5 nitrogen and oxygen atoms in total. The van der Waals surface area contributed by atoms with Crippen molar-refractivity contribution < 1.29 is 14.6 Å². The number of hydrogen-bond acceptors (Lipinski definition) is 5. The quantitative estimate of drug-likeness (QED) is 0.576. The lowest BCUT2D eigenvalue weighted by Gasteiger charge is -2.07. The first-order valence-electron chi connectivity index (χ1n) is 5.09. The number of rotatable bonds is 5. The van der Waals surface area contributed by atoms with Crippen LogP contribution < -0.4 is 5.32 Å². The molecule has 0 aliphatic heterocycles. The van der Waals surface area contributed by atoms with Crippen molar-refractivity contribution >= 4 is 11.8 Å². The summed E-state index contributed by atoms with van der Waals surface area (Å²) in [6.45, 7) is 2.55. The van der Waals surface area contributed by atoms with E-state index < -0.39 is 0 Å². The minimum Gasteiger partial charge on any atom is -0.465 e. The van der Waals surface area contributed by atoms with Crippen LogP contribution in [-0.4, -0.2) is 36.3 Å². The molecule has 0 unspecified atom stereocenters. The van der Waals surface area contributed by atoms with Crippen molar-refractivity contribution in [3.05, 3.63) is 23.4 Å². The second-order valence-corrected chi connectivity index (χ2v) is 3.32. The predicted octanol–water partition coefficient (Wildman–Crippen LogP) is 0.971. The number of ether oxygens (including phenoxy) is 1. The number of nitrogens with one attached hydrogen (secondary N) is 1. The normalized spacial score (nSPS) is 9.94. The van der Waals surface area contributed by atoms with Crippen LogP contribution in [0.15, 0.2) is 12.1 Å². The van der Waals surface area contributed by atoms with Crippen LogP contribution in [0.3, 0.4) is 0 Å². The summed E-state index contributed by atoms with van der Waals surface area (Å²) in [5, 5.41) is 11.7. The Balaban J connectivity index is 2.71. The summed E-state index contributed by atoms with van der Waals surface area (Å²) in [6.07, 6.45) is 0.666. The highest BCUT2D eigenvalue weighted by Gasteiger charge is 2.10. The lowest BCUT2D eigenvalue weighted by molar-refractivity contribution is 0.0599. The molecule has 0 atom stereocenters. The molecule has 0 aliphatic carbocycles. The number of hydrogen-bond donors (Lipinski definition) is 2. The smallest absolute Gasteiger partial charge is 0.339 e. The van der Waals surface area contributed by atoms with Crippen LogP contribution in [-0.2, 0) is 4.74 Å². The standard InChI is InChI=1S/C11H16N2O3/c1-8-9(11(15)16-2)4-5-10(13-8)12-6-3-7-14/h4-5,14H,3,6-7H2,1-2H3,(H,12,13). The highest BCUT2D eigenvalue weighted by Crippen LogP contribution is 2.11. The van der Waals surface area contributed by atoms with E-state index in [1.807, 2.05) is 0 Å². The van der Waals surface area contributed by atoms with E-state index in [2.05, 4.69) is 15.0 Å². The first kappa shape index (κ1) is 12.4. The molecule has 88 valence electrons. The molecule has 0 saturated heterocycles. The lowest BCUT2D eigenvalue weighted by Crippen LogP contribution is -2.09. The fourth-order valence-electron chi connectivity index (χ4n) is 1.28. The van der Waals surface area contributed by atoms with Crippen molar-refractivity contribution in [1.82, 2.24) is 4.98 Å². The molecule has 1 heterocycles. The van der Waals surface area contributed by atoms with E-state index in [1.165, 1.54) is 7.11 Å². The number of nitrogens with zero attached hydrogens (tertiary/aromatic N) is 1. The van der Waals surface area contributed by atoms with Crippen molar-refractivity contribution in [2.75, 3.05) is 25.6 Å². The van der Waals surface area contributed by atoms with E-state index in [9.17, 15) is 4.79 Å². The van der Waals surface area contributed by atoms with Gasteiger partial charge in [-0.05, 0) is 25.5 Å². The molecule has 1 aromatic heterocycles. The zero-order chi connectivity index (χ0) is 12.0. The highest BCUT2D eigenvalue weighted by molar-refractivity contribution is 5.90. The fourth-order valence-corrected chi connectivity index (χ4v) is 1.28. The van der Waals surface area contributed by atoms with E-state index in [-0.39, 0.29) is 12.6 Å². The highest BCUT2D eigenvalue weighted by atomic mass is 16.5. The van der Waals surface area contributed by atoms with E-state index in [1.54, 1.807) is 19.1 Å². The van der Waals surface area contributed by atoms with Gasteiger partial charge in [0.1, 0.15) is 5.82 Å². The third kappa shape index (κ3) is 3.20. The van der Waals surface area contributed by atoms with Crippen LogP contribution in [0.5, 0.6) is 0 Å². The maximum atomic E-state index is 11.3. The molecule has 0 radical (unpaired) electrons. The summed E-state index contributed by atoms with van der Waals surface area (Å²) in [4.78, 5) is 15.5. The molecule has 0 aromatic carbocycles. The Hall–Kier alpha value is -1.62. The van der Waals surface area contributed by atoms with Crippen LogP contribution in [0.2, 0.25) is 0 Å². The number of pyridine rings is 1. The number of esters is 1. The number of aliphatic hydroxyl groups is 1. The average molecular weight is 224 g/mol. The Labute approximate surface area is 94.5 Å². The summed E-state index contributed by atoms with van der Waals surface area (Å²) in [7, 11) is 1.34. The van der Waals surface area contributed by atoms with Gasteiger partial charge in [-0.15, -0.1) is 0 Å². The van der Waals surface area contributed by atoms with Crippen LogP contribution in [0.25, 0.3) is 0 Å². The predicted molar refractivity (Wildman–Crippen MR) is 60.5 cm³/mol. The molecule has 16 heavy (non-hydrogen) atoms. The third-order valence-corrected chi connectivity index (χ3v) is 2.13. The van der Waals surface area contributed by atoms with Gasteiger partial charge in [-0.1, -0.05) is 0 Å². The molecule has 0 saturated carbocycles. The van der Waals surface area contributed by atoms with E-state index in [4.69, 9.17) is 5.11 Å². The summed E-state index contributed by atoms with van der Waals surface area (Å²) in [5.41, 5.74) is 1.09. The van der Waals surface area contributed by atoms with Crippen molar-refractivity contribution in [3.8, 4) is 0 Å². The van der Waals surface area contributed by atoms with Crippen LogP contribution >= 0.6 is 0 Å². The number of methoxy groups -OCH3 is 1. The van der Waals surface area contributed by atoms with E-state index in [0.717, 1.165) is 0 Å². The van der Waals surface area contributed by atoms with Gasteiger partial charge in [0.25, 0.3) is 0 Å². The Bertz CT molecular complexity index is 366. The Morgan fingerprint density at radius 2 is 2.31 bits per heavy atom. The van der Waals surface area contributed by atoms with Crippen molar-refractivity contribution in [2.45, 2.75) is 13.3 Å². The number of aliphatic hydroxyl groups excluding tert-OH is 1. The molecule has 0 amide bonds. The summed E-state index contributed by atoms with van der Waals surface area (Å²) in [5.74, 6) is 0.311. The minimum absolute atomic E-state index is 0.145. The van der Waals surface area contributed by atoms with Gasteiger partial charge in [-0.25, -0.2) is 9.78 Å². The van der Waals surface area contributed by atoms with Gasteiger partial charge < -0.3 is 15.2 Å². The van der Waals surface area contributed by atoms with Gasteiger partial charge in [0.15, 0.2) is 0 Å². The topological polar surface area (TPSA) is 71.5 Å². The summed E-state index contributed by atoms with van der Waals surface area (Å²) in [6, 6.07) is 3.39. The molecule has 0 bridgehead atoms.